The van der Waals surface area contributed by atoms with E-state index in [1.807, 2.05) is 0 Å². The Labute approximate surface area is 127 Å². The maximum Gasteiger partial charge on any atom is 0.416 e. The van der Waals surface area contributed by atoms with E-state index in [4.69, 9.17) is 5.41 Å². The minimum Gasteiger partial charge on any atom is -0.309 e. The summed E-state index contributed by atoms with van der Waals surface area (Å²) in [4.78, 5) is 12.6. The molecule has 0 aromatic heterocycles. The average Bonchev–Trinajstić information content (AvgIpc) is 3.06. The molecule has 0 aliphatic heterocycles. The Balaban J connectivity index is 1.88. The standard InChI is InChI=1S/C17H18F3NO/c18-17(19,20)12-7-3-6-11(8-12)15-14(21)9-13(16(15)22)10-4-1-2-5-10/h3,6-8,10,13,15,21H,1-2,4-5,9H2. The van der Waals surface area contributed by atoms with E-state index in [2.05, 4.69) is 0 Å². The maximum absolute atomic E-state index is 12.8. The Morgan fingerprint density at radius 2 is 1.82 bits per heavy atom. The van der Waals surface area contributed by atoms with Gasteiger partial charge < -0.3 is 5.41 Å². The smallest absolute Gasteiger partial charge is 0.309 e. The van der Waals surface area contributed by atoms with Crippen LogP contribution < -0.4 is 0 Å². The Morgan fingerprint density at radius 3 is 2.45 bits per heavy atom. The molecule has 0 heterocycles. The van der Waals surface area contributed by atoms with Crippen LogP contribution in [0.25, 0.3) is 0 Å². The first-order chi connectivity index (χ1) is 10.4. The number of benzene rings is 1. The summed E-state index contributed by atoms with van der Waals surface area (Å²) in [5.74, 6) is -0.706. The van der Waals surface area contributed by atoms with Crippen LogP contribution in [0.5, 0.6) is 0 Å². The van der Waals surface area contributed by atoms with E-state index >= 15 is 0 Å². The van der Waals surface area contributed by atoms with Crippen molar-refractivity contribution >= 4 is 11.5 Å². The first kappa shape index (κ1) is 15.3. The number of alkyl halides is 3. The zero-order valence-corrected chi connectivity index (χ0v) is 12.1. The highest BCUT2D eigenvalue weighted by atomic mass is 19.4. The lowest BCUT2D eigenvalue weighted by atomic mass is 9.86. The van der Waals surface area contributed by atoms with E-state index in [0.29, 0.717) is 17.9 Å². The van der Waals surface area contributed by atoms with E-state index in [9.17, 15) is 18.0 Å². The third-order valence-electron chi connectivity index (χ3n) is 4.95. The fourth-order valence-electron chi connectivity index (χ4n) is 3.86. The van der Waals surface area contributed by atoms with Crippen LogP contribution in [0.4, 0.5) is 13.2 Å². The lowest BCUT2D eigenvalue weighted by Gasteiger charge is -2.17. The van der Waals surface area contributed by atoms with E-state index in [-0.39, 0.29) is 17.4 Å². The number of halogens is 3. The topological polar surface area (TPSA) is 40.9 Å². The second kappa shape index (κ2) is 5.52. The van der Waals surface area contributed by atoms with Crippen molar-refractivity contribution in [3.05, 3.63) is 35.4 Å². The molecule has 0 amide bonds. The fourth-order valence-corrected chi connectivity index (χ4v) is 3.86. The van der Waals surface area contributed by atoms with Crippen molar-refractivity contribution in [1.29, 1.82) is 5.41 Å². The van der Waals surface area contributed by atoms with E-state index < -0.39 is 17.7 Å². The molecular formula is C17H18F3NO. The van der Waals surface area contributed by atoms with Gasteiger partial charge in [-0.2, -0.15) is 13.2 Å². The van der Waals surface area contributed by atoms with Gasteiger partial charge in [0.25, 0.3) is 0 Å². The summed E-state index contributed by atoms with van der Waals surface area (Å²) in [7, 11) is 0. The number of hydrogen-bond donors (Lipinski definition) is 1. The van der Waals surface area contributed by atoms with Crippen LogP contribution >= 0.6 is 0 Å². The van der Waals surface area contributed by atoms with Gasteiger partial charge in [-0.1, -0.05) is 31.0 Å². The molecule has 2 nitrogen and oxygen atoms in total. The zero-order valence-electron chi connectivity index (χ0n) is 12.1. The first-order valence-corrected chi connectivity index (χ1v) is 7.66. The van der Waals surface area contributed by atoms with Crippen molar-refractivity contribution in [2.75, 3.05) is 0 Å². The largest absolute Gasteiger partial charge is 0.416 e. The Bertz CT molecular complexity index is 602. The van der Waals surface area contributed by atoms with Gasteiger partial charge in [-0.25, -0.2) is 0 Å². The van der Waals surface area contributed by atoms with Crippen molar-refractivity contribution in [2.24, 2.45) is 11.8 Å². The van der Waals surface area contributed by atoms with E-state index in [1.54, 1.807) is 0 Å². The molecule has 2 aliphatic rings. The van der Waals surface area contributed by atoms with Gasteiger partial charge in [0.1, 0.15) is 5.78 Å². The molecule has 2 atom stereocenters. The second-order valence-corrected chi connectivity index (χ2v) is 6.34. The molecule has 22 heavy (non-hydrogen) atoms. The van der Waals surface area contributed by atoms with E-state index in [0.717, 1.165) is 37.8 Å². The summed E-state index contributed by atoms with van der Waals surface area (Å²) in [5, 5.41) is 8.09. The summed E-state index contributed by atoms with van der Waals surface area (Å²) in [6, 6.07) is 4.88. The molecule has 1 aromatic rings. The highest BCUT2D eigenvalue weighted by Gasteiger charge is 2.44. The molecule has 2 unspecified atom stereocenters. The SMILES string of the molecule is N=C1CC(C2CCCC2)C(=O)C1c1cccc(C(F)(F)F)c1. The highest BCUT2D eigenvalue weighted by molar-refractivity contribution is 6.15. The van der Waals surface area contributed by atoms with Crippen LogP contribution in [0, 0.1) is 17.2 Å². The zero-order chi connectivity index (χ0) is 15.9. The summed E-state index contributed by atoms with van der Waals surface area (Å²) in [6.45, 7) is 0. The van der Waals surface area contributed by atoms with Crippen LogP contribution in [0.2, 0.25) is 0 Å². The Hall–Kier alpha value is -1.65. The molecule has 0 bridgehead atoms. The molecular weight excluding hydrogens is 291 g/mol. The predicted octanol–water partition coefficient (Wildman–Crippen LogP) is 4.59. The van der Waals surface area contributed by atoms with Crippen molar-refractivity contribution in [2.45, 2.75) is 44.2 Å². The predicted molar refractivity (Wildman–Crippen MR) is 77.0 cm³/mol. The van der Waals surface area contributed by atoms with Gasteiger partial charge in [0, 0.05) is 11.6 Å². The van der Waals surface area contributed by atoms with Gasteiger partial charge in [0.05, 0.1) is 11.5 Å². The van der Waals surface area contributed by atoms with Gasteiger partial charge in [-0.15, -0.1) is 0 Å². The number of ketones is 1. The van der Waals surface area contributed by atoms with Crippen LogP contribution in [-0.4, -0.2) is 11.5 Å². The average molecular weight is 309 g/mol. The molecule has 1 aromatic carbocycles. The van der Waals surface area contributed by atoms with Gasteiger partial charge in [0.15, 0.2) is 0 Å². The molecule has 2 fully saturated rings. The highest BCUT2D eigenvalue weighted by Crippen LogP contribution is 2.43. The van der Waals surface area contributed by atoms with Gasteiger partial charge in [0.2, 0.25) is 0 Å². The van der Waals surface area contributed by atoms with Gasteiger partial charge in [-0.05, 0) is 36.8 Å². The summed E-state index contributed by atoms with van der Waals surface area (Å²) >= 11 is 0. The molecule has 118 valence electrons. The van der Waals surface area contributed by atoms with Crippen molar-refractivity contribution < 1.29 is 18.0 Å². The Morgan fingerprint density at radius 1 is 1.14 bits per heavy atom. The van der Waals surface area contributed by atoms with Gasteiger partial charge >= 0.3 is 6.18 Å². The second-order valence-electron chi connectivity index (χ2n) is 6.34. The molecule has 1 N–H and O–H groups in total. The number of carbonyl (C=O) groups is 1. The quantitative estimate of drug-likeness (QED) is 0.853. The number of carbonyl (C=O) groups excluding carboxylic acids is 1. The molecule has 0 saturated heterocycles. The normalized spacial score (nSPS) is 26.9. The van der Waals surface area contributed by atoms with Crippen LogP contribution in [-0.2, 0) is 11.0 Å². The molecule has 2 saturated carbocycles. The molecule has 0 spiro atoms. The maximum atomic E-state index is 12.8. The lowest BCUT2D eigenvalue weighted by Crippen LogP contribution is -2.20. The number of Topliss-reactive ketones (excluding diaryl/α,β-unsaturated/α-hetero) is 1. The van der Waals surface area contributed by atoms with Crippen LogP contribution in [0.3, 0.4) is 0 Å². The van der Waals surface area contributed by atoms with Crippen LogP contribution in [0.15, 0.2) is 24.3 Å². The third-order valence-corrected chi connectivity index (χ3v) is 4.95. The number of hydrogen-bond acceptors (Lipinski definition) is 2. The molecule has 2 aliphatic carbocycles. The van der Waals surface area contributed by atoms with Crippen molar-refractivity contribution in [3.8, 4) is 0 Å². The molecule has 0 radical (unpaired) electrons. The van der Waals surface area contributed by atoms with Crippen molar-refractivity contribution in [1.82, 2.24) is 0 Å². The third kappa shape index (κ3) is 2.69. The molecule has 5 heteroatoms. The minimum atomic E-state index is -4.43. The van der Waals surface area contributed by atoms with Crippen molar-refractivity contribution in [3.63, 3.8) is 0 Å². The minimum absolute atomic E-state index is 0.0591. The Kier molecular flexibility index (Phi) is 3.83. The molecule has 3 rings (SSSR count). The van der Waals surface area contributed by atoms with Crippen LogP contribution in [0.1, 0.15) is 49.1 Å². The number of rotatable bonds is 2. The lowest BCUT2D eigenvalue weighted by molar-refractivity contribution is -0.137. The number of nitrogens with one attached hydrogen (secondary N) is 1. The summed E-state index contributed by atoms with van der Waals surface area (Å²) in [5.41, 5.74) is -0.179. The monoisotopic (exact) mass is 309 g/mol. The summed E-state index contributed by atoms with van der Waals surface area (Å²) in [6.07, 6.45) is 0.194. The van der Waals surface area contributed by atoms with Gasteiger partial charge in [-0.3, -0.25) is 4.79 Å². The summed E-state index contributed by atoms with van der Waals surface area (Å²) < 4.78 is 38.5. The fraction of sp³-hybridized carbons (Fsp3) is 0.529. The first-order valence-electron chi connectivity index (χ1n) is 7.66. The van der Waals surface area contributed by atoms with E-state index in [1.165, 1.54) is 12.1 Å².